The lowest BCUT2D eigenvalue weighted by atomic mass is 10.2. The van der Waals surface area contributed by atoms with Crippen LogP contribution in [0, 0.1) is 0 Å². The Bertz CT molecular complexity index is 760. The number of aromatic nitrogens is 2. The van der Waals surface area contributed by atoms with Gasteiger partial charge in [-0.3, -0.25) is 9.89 Å². The van der Waals surface area contributed by atoms with Gasteiger partial charge in [-0.2, -0.15) is 0 Å². The molecule has 20 heavy (non-hydrogen) atoms. The van der Waals surface area contributed by atoms with E-state index in [1.807, 2.05) is 60.7 Å². The Balaban J connectivity index is 2.01. The van der Waals surface area contributed by atoms with Crippen molar-refractivity contribution in [2.45, 2.75) is 6.54 Å². The second-order valence-electron chi connectivity index (χ2n) is 4.54. The van der Waals surface area contributed by atoms with Crippen molar-refractivity contribution in [3.05, 3.63) is 81.1 Å². The van der Waals surface area contributed by atoms with Gasteiger partial charge in [-0.15, -0.1) is 0 Å². The Morgan fingerprint density at radius 1 is 0.950 bits per heavy atom. The minimum atomic E-state index is -0.0484. The first kappa shape index (κ1) is 12.9. The molecule has 0 aliphatic heterocycles. The topological polar surface area (TPSA) is 37.8 Å². The first-order valence-corrected chi connectivity index (χ1v) is 7.12. The van der Waals surface area contributed by atoms with Gasteiger partial charge in [0, 0.05) is 5.56 Å². The summed E-state index contributed by atoms with van der Waals surface area (Å²) in [6, 6.07) is 19.7. The molecular formula is C16H13BrN2O. The molecule has 0 saturated heterocycles. The average molecular weight is 329 g/mol. The molecule has 2 aromatic carbocycles. The van der Waals surface area contributed by atoms with E-state index >= 15 is 0 Å². The van der Waals surface area contributed by atoms with Gasteiger partial charge in [-0.25, -0.2) is 4.68 Å². The van der Waals surface area contributed by atoms with Gasteiger partial charge in [-0.05, 0) is 21.5 Å². The summed E-state index contributed by atoms with van der Waals surface area (Å²) in [6.07, 6.45) is 0. The molecule has 100 valence electrons. The summed E-state index contributed by atoms with van der Waals surface area (Å²) >= 11 is 3.39. The number of nitrogens with one attached hydrogen (secondary N) is 1. The van der Waals surface area contributed by atoms with E-state index in [1.54, 1.807) is 4.68 Å². The van der Waals surface area contributed by atoms with Crippen LogP contribution in [-0.4, -0.2) is 9.78 Å². The maximum absolute atomic E-state index is 12.3. The zero-order valence-electron chi connectivity index (χ0n) is 10.7. The molecule has 3 nitrogen and oxygen atoms in total. The Morgan fingerprint density at radius 2 is 1.55 bits per heavy atom. The molecule has 0 atom stereocenters. The van der Waals surface area contributed by atoms with Crippen LogP contribution in [0.1, 0.15) is 5.56 Å². The predicted molar refractivity (Wildman–Crippen MR) is 83.7 cm³/mol. The fourth-order valence-electron chi connectivity index (χ4n) is 2.13. The molecule has 0 aliphatic carbocycles. The maximum atomic E-state index is 12.3. The van der Waals surface area contributed by atoms with Gasteiger partial charge >= 0.3 is 0 Å². The van der Waals surface area contributed by atoms with Crippen LogP contribution in [0.25, 0.3) is 11.3 Å². The molecule has 0 amide bonds. The number of hydrogen-bond acceptors (Lipinski definition) is 1. The SMILES string of the molecule is O=c1c(Br)c(-c2ccccc2)[nH]n1Cc1ccccc1. The monoisotopic (exact) mass is 328 g/mol. The molecular weight excluding hydrogens is 316 g/mol. The zero-order chi connectivity index (χ0) is 13.9. The third-order valence-corrected chi connectivity index (χ3v) is 3.88. The van der Waals surface area contributed by atoms with Crippen molar-refractivity contribution in [1.29, 1.82) is 0 Å². The highest BCUT2D eigenvalue weighted by Crippen LogP contribution is 2.23. The molecule has 0 radical (unpaired) electrons. The Labute approximate surface area is 125 Å². The van der Waals surface area contributed by atoms with Gasteiger partial charge in [0.1, 0.15) is 4.47 Å². The van der Waals surface area contributed by atoms with E-state index in [2.05, 4.69) is 21.0 Å². The van der Waals surface area contributed by atoms with Crippen LogP contribution >= 0.6 is 15.9 Å². The highest BCUT2D eigenvalue weighted by molar-refractivity contribution is 9.10. The quantitative estimate of drug-likeness (QED) is 0.782. The number of benzene rings is 2. The van der Waals surface area contributed by atoms with Crippen LogP contribution in [0.4, 0.5) is 0 Å². The molecule has 0 unspecified atom stereocenters. The van der Waals surface area contributed by atoms with Crippen LogP contribution in [0.3, 0.4) is 0 Å². The van der Waals surface area contributed by atoms with Crippen molar-refractivity contribution < 1.29 is 0 Å². The average Bonchev–Trinajstić information content (AvgIpc) is 2.78. The normalized spacial score (nSPS) is 10.7. The lowest BCUT2D eigenvalue weighted by Gasteiger charge is -2.02. The van der Waals surface area contributed by atoms with Gasteiger partial charge < -0.3 is 0 Å². The minimum Gasteiger partial charge on any atom is -0.293 e. The van der Waals surface area contributed by atoms with Crippen molar-refractivity contribution >= 4 is 15.9 Å². The van der Waals surface area contributed by atoms with Crippen LogP contribution in [0.5, 0.6) is 0 Å². The molecule has 0 fully saturated rings. The summed E-state index contributed by atoms with van der Waals surface area (Å²) in [7, 11) is 0. The highest BCUT2D eigenvalue weighted by Gasteiger charge is 2.13. The predicted octanol–water partition coefficient (Wildman–Crippen LogP) is 3.65. The van der Waals surface area contributed by atoms with E-state index in [9.17, 15) is 4.79 Å². The van der Waals surface area contributed by atoms with Gasteiger partial charge in [0.05, 0.1) is 12.2 Å². The second kappa shape index (κ2) is 5.51. The van der Waals surface area contributed by atoms with Crippen molar-refractivity contribution in [1.82, 2.24) is 9.78 Å². The zero-order valence-corrected chi connectivity index (χ0v) is 12.3. The third kappa shape index (κ3) is 2.47. The highest BCUT2D eigenvalue weighted by atomic mass is 79.9. The number of nitrogens with zero attached hydrogens (tertiary/aromatic N) is 1. The van der Waals surface area contributed by atoms with Gasteiger partial charge in [0.15, 0.2) is 0 Å². The summed E-state index contributed by atoms with van der Waals surface area (Å²) in [4.78, 5) is 12.3. The molecule has 3 rings (SSSR count). The van der Waals surface area contributed by atoms with Crippen LogP contribution in [-0.2, 0) is 6.54 Å². The van der Waals surface area contributed by atoms with E-state index in [0.717, 1.165) is 16.8 Å². The second-order valence-corrected chi connectivity index (χ2v) is 5.34. The summed E-state index contributed by atoms with van der Waals surface area (Å²) in [5, 5.41) is 3.17. The smallest absolute Gasteiger partial charge is 0.281 e. The summed E-state index contributed by atoms with van der Waals surface area (Å²) < 4.78 is 2.18. The van der Waals surface area contributed by atoms with E-state index in [1.165, 1.54) is 0 Å². The van der Waals surface area contributed by atoms with Gasteiger partial charge in [-0.1, -0.05) is 60.7 Å². The number of halogens is 1. The Kier molecular flexibility index (Phi) is 3.56. The summed E-state index contributed by atoms with van der Waals surface area (Å²) in [5.41, 5.74) is 2.84. The molecule has 0 saturated carbocycles. The molecule has 0 bridgehead atoms. The maximum Gasteiger partial charge on any atom is 0.281 e. The van der Waals surface area contributed by atoms with Crippen LogP contribution < -0.4 is 5.56 Å². The van der Waals surface area contributed by atoms with E-state index < -0.39 is 0 Å². The molecule has 3 aromatic rings. The van der Waals surface area contributed by atoms with E-state index in [0.29, 0.717) is 11.0 Å². The summed E-state index contributed by atoms with van der Waals surface area (Å²) in [5.74, 6) is 0. The van der Waals surface area contributed by atoms with Crippen molar-refractivity contribution in [2.24, 2.45) is 0 Å². The number of H-pyrrole nitrogens is 1. The summed E-state index contributed by atoms with van der Waals surface area (Å²) in [6.45, 7) is 0.533. The van der Waals surface area contributed by atoms with Crippen molar-refractivity contribution in [3.8, 4) is 11.3 Å². The third-order valence-electron chi connectivity index (χ3n) is 3.15. The van der Waals surface area contributed by atoms with Crippen molar-refractivity contribution in [3.63, 3.8) is 0 Å². The van der Waals surface area contributed by atoms with Crippen molar-refractivity contribution in [2.75, 3.05) is 0 Å². The van der Waals surface area contributed by atoms with Crippen LogP contribution in [0.15, 0.2) is 69.9 Å². The lowest BCUT2D eigenvalue weighted by Crippen LogP contribution is -2.17. The fraction of sp³-hybridized carbons (Fsp3) is 0.0625. The fourth-order valence-corrected chi connectivity index (χ4v) is 2.67. The minimum absolute atomic E-state index is 0.0484. The number of rotatable bonds is 3. The first-order valence-electron chi connectivity index (χ1n) is 6.33. The van der Waals surface area contributed by atoms with E-state index in [-0.39, 0.29) is 5.56 Å². The molecule has 1 N–H and O–H groups in total. The Morgan fingerprint density at radius 3 is 2.20 bits per heavy atom. The van der Waals surface area contributed by atoms with Crippen LogP contribution in [0.2, 0.25) is 0 Å². The standard InChI is InChI=1S/C16H13BrN2O/c17-14-15(13-9-5-2-6-10-13)18-19(16(14)20)11-12-7-3-1-4-8-12/h1-10,18H,11H2. The molecule has 0 aliphatic rings. The Hall–Kier alpha value is -2.07. The van der Waals surface area contributed by atoms with E-state index in [4.69, 9.17) is 0 Å². The molecule has 0 spiro atoms. The molecule has 4 heteroatoms. The van der Waals surface area contributed by atoms with Gasteiger partial charge in [0.2, 0.25) is 0 Å². The largest absolute Gasteiger partial charge is 0.293 e. The number of hydrogen-bond donors (Lipinski definition) is 1. The lowest BCUT2D eigenvalue weighted by molar-refractivity contribution is 0.665. The van der Waals surface area contributed by atoms with Gasteiger partial charge in [0.25, 0.3) is 5.56 Å². The first-order chi connectivity index (χ1) is 9.75. The number of aromatic amines is 1. The molecule has 1 aromatic heterocycles. The molecule has 1 heterocycles.